The first kappa shape index (κ1) is 18.0. The topological polar surface area (TPSA) is 71.4 Å². The number of halogens is 1. The van der Waals surface area contributed by atoms with Gasteiger partial charge in [0.1, 0.15) is 12.4 Å². The van der Waals surface area contributed by atoms with Crippen LogP contribution in [0.5, 0.6) is 11.5 Å². The number of nitrogens with one attached hydrogen (secondary N) is 2. The second-order valence-corrected chi connectivity index (χ2v) is 6.47. The third kappa shape index (κ3) is 4.23. The van der Waals surface area contributed by atoms with Crippen LogP contribution in [0.15, 0.2) is 47.4 Å². The zero-order chi connectivity index (χ0) is 18.5. The SMILES string of the molecule is CCOc1cc(C=C2SC(=N)NC2=O)ccc1OCc1ccccc1F. The molecular formula is C19H17FN2O3S. The molecule has 2 N–H and O–H groups in total. The molecule has 0 spiro atoms. The molecule has 0 radical (unpaired) electrons. The summed E-state index contributed by atoms with van der Waals surface area (Å²) in [7, 11) is 0. The van der Waals surface area contributed by atoms with Gasteiger partial charge in [0, 0.05) is 5.56 Å². The summed E-state index contributed by atoms with van der Waals surface area (Å²) in [5.41, 5.74) is 1.21. The highest BCUT2D eigenvalue weighted by molar-refractivity contribution is 8.18. The fraction of sp³-hybridized carbons (Fsp3) is 0.158. The molecule has 1 saturated heterocycles. The lowest BCUT2D eigenvalue weighted by Crippen LogP contribution is -2.18. The van der Waals surface area contributed by atoms with Crippen molar-refractivity contribution in [2.75, 3.05) is 6.61 Å². The van der Waals surface area contributed by atoms with E-state index in [1.807, 2.05) is 6.92 Å². The van der Waals surface area contributed by atoms with Crippen molar-refractivity contribution in [1.82, 2.24) is 5.32 Å². The average Bonchev–Trinajstić information content (AvgIpc) is 2.93. The Hall–Kier alpha value is -2.80. The molecule has 2 aromatic carbocycles. The van der Waals surface area contributed by atoms with E-state index in [4.69, 9.17) is 14.9 Å². The van der Waals surface area contributed by atoms with Gasteiger partial charge >= 0.3 is 0 Å². The first-order chi connectivity index (χ1) is 12.6. The van der Waals surface area contributed by atoms with Crippen LogP contribution >= 0.6 is 11.8 Å². The van der Waals surface area contributed by atoms with Gasteiger partial charge in [-0.25, -0.2) is 4.39 Å². The lowest BCUT2D eigenvalue weighted by Gasteiger charge is -2.13. The van der Waals surface area contributed by atoms with E-state index in [9.17, 15) is 9.18 Å². The summed E-state index contributed by atoms with van der Waals surface area (Å²) in [5, 5.41) is 10.0. The van der Waals surface area contributed by atoms with Crippen LogP contribution in [0.1, 0.15) is 18.1 Å². The van der Waals surface area contributed by atoms with E-state index in [1.165, 1.54) is 6.07 Å². The molecule has 0 aliphatic carbocycles. The number of thioether (sulfide) groups is 1. The minimum absolute atomic E-state index is 0.0859. The molecule has 0 bridgehead atoms. The van der Waals surface area contributed by atoms with Gasteiger partial charge in [0.25, 0.3) is 5.91 Å². The lowest BCUT2D eigenvalue weighted by molar-refractivity contribution is -0.115. The Bertz CT molecular complexity index is 883. The van der Waals surface area contributed by atoms with Crippen molar-refractivity contribution < 1.29 is 18.7 Å². The van der Waals surface area contributed by atoms with Crippen LogP contribution in [0.2, 0.25) is 0 Å². The molecule has 5 nitrogen and oxygen atoms in total. The van der Waals surface area contributed by atoms with Crippen molar-refractivity contribution in [3.63, 3.8) is 0 Å². The van der Waals surface area contributed by atoms with Gasteiger partial charge in [0.05, 0.1) is 11.5 Å². The van der Waals surface area contributed by atoms with E-state index in [2.05, 4.69) is 5.32 Å². The van der Waals surface area contributed by atoms with E-state index >= 15 is 0 Å². The van der Waals surface area contributed by atoms with Crippen molar-refractivity contribution in [1.29, 1.82) is 5.41 Å². The van der Waals surface area contributed by atoms with Crippen LogP contribution in [0, 0.1) is 11.2 Å². The number of ether oxygens (including phenoxy) is 2. The third-order valence-corrected chi connectivity index (χ3v) is 4.40. The van der Waals surface area contributed by atoms with Crippen LogP contribution in [0.3, 0.4) is 0 Å². The molecule has 1 fully saturated rings. The van der Waals surface area contributed by atoms with Crippen molar-refractivity contribution in [2.24, 2.45) is 0 Å². The highest BCUT2D eigenvalue weighted by Crippen LogP contribution is 2.32. The fourth-order valence-corrected chi connectivity index (χ4v) is 3.07. The van der Waals surface area contributed by atoms with Crippen LogP contribution in [0.25, 0.3) is 6.08 Å². The van der Waals surface area contributed by atoms with Crippen LogP contribution in [-0.4, -0.2) is 17.7 Å². The Labute approximate surface area is 154 Å². The summed E-state index contributed by atoms with van der Waals surface area (Å²) >= 11 is 1.07. The monoisotopic (exact) mass is 372 g/mol. The highest BCUT2D eigenvalue weighted by atomic mass is 32.2. The van der Waals surface area contributed by atoms with Gasteiger partial charge in [0.2, 0.25) is 0 Å². The molecule has 2 aromatic rings. The second kappa shape index (κ2) is 8.05. The Balaban J connectivity index is 1.80. The Kier molecular flexibility index (Phi) is 5.58. The minimum atomic E-state index is -0.321. The quantitative estimate of drug-likeness (QED) is 0.754. The molecule has 0 atom stereocenters. The van der Waals surface area contributed by atoms with E-state index in [0.29, 0.717) is 28.6 Å². The second-order valence-electron chi connectivity index (χ2n) is 5.41. The minimum Gasteiger partial charge on any atom is -0.490 e. The molecule has 0 saturated carbocycles. The van der Waals surface area contributed by atoms with Gasteiger partial charge in [-0.1, -0.05) is 24.3 Å². The van der Waals surface area contributed by atoms with E-state index in [0.717, 1.165) is 17.3 Å². The number of carbonyl (C=O) groups is 1. The van der Waals surface area contributed by atoms with Crippen molar-refractivity contribution in [3.05, 3.63) is 64.3 Å². The molecular weight excluding hydrogens is 355 g/mol. The maximum absolute atomic E-state index is 13.7. The summed E-state index contributed by atoms with van der Waals surface area (Å²) in [6, 6.07) is 11.7. The molecule has 3 rings (SSSR count). The molecule has 7 heteroatoms. The van der Waals surface area contributed by atoms with Gasteiger partial charge < -0.3 is 14.8 Å². The standard InChI is InChI=1S/C19H17FN2O3S/c1-2-24-16-9-12(10-17-18(23)22-19(21)26-17)7-8-15(16)25-11-13-5-3-4-6-14(13)20/h3-10H,2,11H2,1H3,(H2,21,22,23). The molecule has 0 unspecified atom stereocenters. The van der Waals surface area contributed by atoms with Crippen molar-refractivity contribution >= 4 is 28.9 Å². The first-order valence-corrected chi connectivity index (χ1v) is 8.81. The first-order valence-electron chi connectivity index (χ1n) is 7.99. The summed E-state index contributed by atoms with van der Waals surface area (Å²) in [5.74, 6) is 0.390. The molecule has 1 aliphatic heterocycles. The number of rotatable bonds is 6. The molecule has 134 valence electrons. The lowest BCUT2D eigenvalue weighted by atomic mass is 10.1. The van der Waals surface area contributed by atoms with Crippen LogP contribution in [0.4, 0.5) is 4.39 Å². The van der Waals surface area contributed by atoms with E-state index in [1.54, 1.807) is 42.5 Å². The average molecular weight is 372 g/mol. The van der Waals surface area contributed by atoms with Crippen molar-refractivity contribution in [2.45, 2.75) is 13.5 Å². The van der Waals surface area contributed by atoms with Crippen LogP contribution in [-0.2, 0) is 11.4 Å². The Morgan fingerprint density at radius 3 is 2.69 bits per heavy atom. The number of amidine groups is 1. The molecule has 1 amide bonds. The number of hydrogen-bond acceptors (Lipinski definition) is 5. The number of carbonyl (C=O) groups excluding carboxylic acids is 1. The molecule has 1 aliphatic rings. The molecule has 26 heavy (non-hydrogen) atoms. The number of hydrogen-bond donors (Lipinski definition) is 2. The summed E-state index contributed by atoms with van der Waals surface area (Å²) in [4.78, 5) is 12.2. The summed E-state index contributed by atoms with van der Waals surface area (Å²) in [6.45, 7) is 2.38. The predicted molar refractivity (Wildman–Crippen MR) is 99.8 cm³/mol. The fourth-order valence-electron chi connectivity index (χ4n) is 2.37. The third-order valence-electron chi connectivity index (χ3n) is 3.57. The predicted octanol–water partition coefficient (Wildman–Crippen LogP) is 3.94. The smallest absolute Gasteiger partial charge is 0.264 e. The zero-order valence-electron chi connectivity index (χ0n) is 14.0. The van der Waals surface area contributed by atoms with Gasteiger partial charge in [-0.2, -0.15) is 0 Å². The Morgan fingerprint density at radius 2 is 2.00 bits per heavy atom. The van der Waals surface area contributed by atoms with Crippen molar-refractivity contribution in [3.8, 4) is 11.5 Å². The maximum atomic E-state index is 13.7. The van der Waals surface area contributed by atoms with E-state index in [-0.39, 0.29) is 23.5 Å². The van der Waals surface area contributed by atoms with E-state index < -0.39 is 0 Å². The van der Waals surface area contributed by atoms with Gasteiger partial charge in [-0.15, -0.1) is 0 Å². The van der Waals surface area contributed by atoms with Crippen LogP contribution < -0.4 is 14.8 Å². The zero-order valence-corrected chi connectivity index (χ0v) is 14.9. The maximum Gasteiger partial charge on any atom is 0.264 e. The van der Waals surface area contributed by atoms with Gasteiger partial charge in [-0.3, -0.25) is 10.2 Å². The molecule has 1 heterocycles. The largest absolute Gasteiger partial charge is 0.490 e. The number of benzene rings is 2. The normalized spacial score (nSPS) is 15.2. The van der Waals surface area contributed by atoms with Gasteiger partial charge in [0.15, 0.2) is 16.7 Å². The summed E-state index contributed by atoms with van der Waals surface area (Å²) in [6.07, 6.45) is 1.69. The number of amides is 1. The van der Waals surface area contributed by atoms with Gasteiger partial charge in [-0.05, 0) is 48.5 Å². The Morgan fingerprint density at radius 1 is 1.19 bits per heavy atom. The summed E-state index contributed by atoms with van der Waals surface area (Å²) < 4.78 is 25.1. The highest BCUT2D eigenvalue weighted by Gasteiger charge is 2.22. The molecule has 0 aromatic heterocycles.